The molecule has 0 aliphatic carbocycles. The lowest BCUT2D eigenvalue weighted by Crippen LogP contribution is -2.15. The van der Waals surface area contributed by atoms with Gasteiger partial charge in [0.15, 0.2) is 0 Å². The fourth-order valence-electron chi connectivity index (χ4n) is 1.04. The summed E-state index contributed by atoms with van der Waals surface area (Å²) in [7, 11) is 0. The molecule has 0 aliphatic heterocycles. The van der Waals surface area contributed by atoms with Crippen LogP contribution >= 0.6 is 27.3 Å². The zero-order chi connectivity index (χ0) is 9.68. The predicted octanol–water partition coefficient (Wildman–Crippen LogP) is 3.65. The van der Waals surface area contributed by atoms with Crippen LogP contribution in [-0.4, -0.2) is 6.54 Å². The largest absolute Gasteiger partial charge is 0.312 e. The van der Waals surface area contributed by atoms with E-state index in [1.807, 2.05) is 0 Å². The quantitative estimate of drug-likeness (QED) is 0.799. The molecule has 1 aromatic heterocycles. The van der Waals surface area contributed by atoms with E-state index < -0.39 is 0 Å². The monoisotopic (exact) mass is 261 g/mol. The fraction of sp³-hybridized carbons (Fsp3) is 0.600. The molecule has 1 heterocycles. The van der Waals surface area contributed by atoms with Gasteiger partial charge in [-0.1, -0.05) is 13.8 Å². The molecule has 74 valence electrons. The number of thiophene rings is 1. The zero-order valence-electron chi connectivity index (χ0n) is 8.14. The molecule has 13 heavy (non-hydrogen) atoms. The summed E-state index contributed by atoms with van der Waals surface area (Å²) in [6.45, 7) is 6.61. The summed E-state index contributed by atoms with van der Waals surface area (Å²) in [4.78, 5) is 1.39. The minimum Gasteiger partial charge on any atom is -0.312 e. The van der Waals surface area contributed by atoms with Crippen LogP contribution in [0.2, 0.25) is 0 Å². The molecule has 1 nitrogen and oxygen atoms in total. The van der Waals surface area contributed by atoms with Crippen molar-refractivity contribution in [3.63, 3.8) is 0 Å². The van der Waals surface area contributed by atoms with E-state index in [0.29, 0.717) is 0 Å². The minimum absolute atomic E-state index is 0.791. The third-order valence-corrected chi connectivity index (χ3v) is 3.80. The molecule has 0 amide bonds. The summed E-state index contributed by atoms with van der Waals surface area (Å²) in [6.07, 6.45) is 1.25. The van der Waals surface area contributed by atoms with Crippen molar-refractivity contribution in [2.75, 3.05) is 6.54 Å². The highest BCUT2D eigenvalue weighted by Gasteiger charge is 2.00. The van der Waals surface area contributed by atoms with Crippen molar-refractivity contribution in [3.05, 3.63) is 20.8 Å². The van der Waals surface area contributed by atoms with Gasteiger partial charge in [0.2, 0.25) is 0 Å². The molecule has 0 atom stereocenters. The lowest BCUT2D eigenvalue weighted by molar-refractivity contribution is 0.539. The smallest absolute Gasteiger partial charge is 0.0327 e. The van der Waals surface area contributed by atoms with E-state index in [4.69, 9.17) is 0 Å². The van der Waals surface area contributed by atoms with Crippen molar-refractivity contribution in [1.29, 1.82) is 0 Å². The van der Waals surface area contributed by atoms with Gasteiger partial charge in [-0.3, -0.25) is 0 Å². The molecule has 3 heteroatoms. The van der Waals surface area contributed by atoms with Crippen LogP contribution in [0.1, 0.15) is 25.1 Å². The van der Waals surface area contributed by atoms with Crippen LogP contribution in [0.5, 0.6) is 0 Å². The Kier molecular flexibility index (Phi) is 4.99. The fourth-order valence-corrected chi connectivity index (χ4v) is 2.51. The van der Waals surface area contributed by atoms with Gasteiger partial charge in [-0.15, -0.1) is 11.3 Å². The van der Waals surface area contributed by atoms with Gasteiger partial charge in [-0.05, 0) is 46.3 Å². The first-order valence-electron chi connectivity index (χ1n) is 4.62. The van der Waals surface area contributed by atoms with E-state index in [1.165, 1.54) is 15.8 Å². The Morgan fingerprint density at radius 1 is 1.54 bits per heavy atom. The van der Waals surface area contributed by atoms with E-state index in [2.05, 4.69) is 46.5 Å². The van der Waals surface area contributed by atoms with E-state index in [-0.39, 0.29) is 0 Å². The van der Waals surface area contributed by atoms with Crippen LogP contribution in [0.15, 0.2) is 15.9 Å². The molecule has 0 saturated heterocycles. The van der Waals surface area contributed by atoms with Crippen LogP contribution in [0.4, 0.5) is 0 Å². The van der Waals surface area contributed by atoms with E-state index in [9.17, 15) is 0 Å². The number of halogens is 1. The summed E-state index contributed by atoms with van der Waals surface area (Å²) in [6, 6.07) is 2.10. The summed E-state index contributed by atoms with van der Waals surface area (Å²) in [5.41, 5.74) is 0. The molecule has 0 saturated carbocycles. The van der Waals surface area contributed by atoms with Gasteiger partial charge < -0.3 is 5.32 Å². The molecule has 0 unspecified atom stereocenters. The number of nitrogens with one attached hydrogen (secondary N) is 1. The van der Waals surface area contributed by atoms with Gasteiger partial charge in [-0.2, -0.15) is 0 Å². The first-order chi connectivity index (χ1) is 6.20. The van der Waals surface area contributed by atoms with Crippen molar-refractivity contribution in [3.8, 4) is 0 Å². The first kappa shape index (κ1) is 11.2. The van der Waals surface area contributed by atoms with Gasteiger partial charge >= 0.3 is 0 Å². The molecule has 0 spiro atoms. The van der Waals surface area contributed by atoms with Crippen molar-refractivity contribution in [2.24, 2.45) is 5.92 Å². The second kappa shape index (κ2) is 5.78. The average Bonchev–Trinajstić information content (AvgIpc) is 2.45. The van der Waals surface area contributed by atoms with Gasteiger partial charge in [0, 0.05) is 15.9 Å². The average molecular weight is 262 g/mol. The van der Waals surface area contributed by atoms with E-state index in [0.717, 1.165) is 19.0 Å². The Labute approximate surface area is 92.7 Å². The second-order valence-corrected chi connectivity index (χ2v) is 5.41. The van der Waals surface area contributed by atoms with Crippen molar-refractivity contribution in [2.45, 2.75) is 26.8 Å². The maximum absolute atomic E-state index is 3.52. The Morgan fingerprint density at radius 3 is 2.85 bits per heavy atom. The minimum atomic E-state index is 0.791. The van der Waals surface area contributed by atoms with Crippen LogP contribution in [-0.2, 0) is 6.54 Å². The standard InChI is InChI=1S/C10H16BrNS/c1-8(2)3-5-12-7-10-9(11)4-6-13-10/h4,6,8,12H,3,5,7H2,1-2H3. The molecule has 1 aromatic rings. The summed E-state index contributed by atoms with van der Waals surface area (Å²) in [5.74, 6) is 0.791. The van der Waals surface area contributed by atoms with Crippen molar-refractivity contribution >= 4 is 27.3 Å². The van der Waals surface area contributed by atoms with Crippen LogP contribution in [0.25, 0.3) is 0 Å². The maximum atomic E-state index is 3.52. The molecular formula is C10H16BrNS. The molecule has 0 aromatic carbocycles. The Morgan fingerprint density at radius 2 is 2.31 bits per heavy atom. The number of hydrogen-bond donors (Lipinski definition) is 1. The Hall–Kier alpha value is 0.140. The van der Waals surface area contributed by atoms with Gasteiger partial charge in [0.25, 0.3) is 0 Å². The van der Waals surface area contributed by atoms with E-state index in [1.54, 1.807) is 11.3 Å². The third-order valence-electron chi connectivity index (χ3n) is 1.88. The summed E-state index contributed by atoms with van der Waals surface area (Å²) < 4.78 is 1.23. The highest BCUT2D eigenvalue weighted by Crippen LogP contribution is 2.22. The first-order valence-corrected chi connectivity index (χ1v) is 6.30. The predicted molar refractivity (Wildman–Crippen MR) is 63.2 cm³/mol. The summed E-state index contributed by atoms with van der Waals surface area (Å²) in [5, 5.41) is 5.55. The molecule has 0 fully saturated rings. The molecule has 1 rings (SSSR count). The zero-order valence-corrected chi connectivity index (χ0v) is 10.5. The topological polar surface area (TPSA) is 12.0 Å². The van der Waals surface area contributed by atoms with Gasteiger partial charge in [0.05, 0.1) is 0 Å². The van der Waals surface area contributed by atoms with Gasteiger partial charge in [0.1, 0.15) is 0 Å². The SMILES string of the molecule is CC(C)CCNCc1sccc1Br. The molecule has 0 bridgehead atoms. The van der Waals surface area contributed by atoms with Gasteiger partial charge in [-0.25, -0.2) is 0 Å². The highest BCUT2D eigenvalue weighted by atomic mass is 79.9. The van der Waals surface area contributed by atoms with Crippen LogP contribution in [0.3, 0.4) is 0 Å². The van der Waals surface area contributed by atoms with Crippen molar-refractivity contribution < 1.29 is 0 Å². The lowest BCUT2D eigenvalue weighted by Gasteiger charge is -2.05. The number of hydrogen-bond acceptors (Lipinski definition) is 2. The highest BCUT2D eigenvalue weighted by molar-refractivity contribution is 9.10. The maximum Gasteiger partial charge on any atom is 0.0327 e. The number of rotatable bonds is 5. The molecule has 0 radical (unpaired) electrons. The Balaban J connectivity index is 2.17. The van der Waals surface area contributed by atoms with E-state index >= 15 is 0 Å². The van der Waals surface area contributed by atoms with Crippen molar-refractivity contribution in [1.82, 2.24) is 5.32 Å². The van der Waals surface area contributed by atoms with Crippen LogP contribution < -0.4 is 5.32 Å². The third kappa shape index (κ3) is 4.25. The van der Waals surface area contributed by atoms with Crippen LogP contribution in [0, 0.1) is 5.92 Å². The molecular weight excluding hydrogens is 246 g/mol. The Bertz CT molecular complexity index is 245. The molecule has 1 N–H and O–H groups in total. The normalized spacial score (nSPS) is 11.1. The second-order valence-electron chi connectivity index (χ2n) is 3.55. The lowest BCUT2D eigenvalue weighted by atomic mass is 10.1. The summed E-state index contributed by atoms with van der Waals surface area (Å²) >= 11 is 5.32. The molecule has 0 aliphatic rings.